The second kappa shape index (κ2) is 11.3. The fraction of sp³-hybridized carbons (Fsp3) is 0.889. The van der Waals surface area contributed by atoms with Gasteiger partial charge in [-0.25, -0.2) is 0 Å². The lowest BCUT2D eigenvalue weighted by molar-refractivity contribution is -0.130. The fourth-order valence-corrected chi connectivity index (χ4v) is 3.26. The van der Waals surface area contributed by atoms with E-state index in [-0.39, 0.29) is 6.10 Å². The minimum absolute atomic E-state index is 0.170. The number of nitrogens with zero attached hydrogens (tertiary/aromatic N) is 3. The number of guanidine groups is 1. The molecule has 144 valence electrons. The van der Waals surface area contributed by atoms with Crippen LogP contribution in [0.25, 0.3) is 0 Å². The molecule has 2 rings (SSSR count). The molecule has 0 aromatic rings. The fourth-order valence-electron chi connectivity index (χ4n) is 3.26. The summed E-state index contributed by atoms with van der Waals surface area (Å²) in [7, 11) is 2.12. The molecule has 0 radical (unpaired) electrons. The van der Waals surface area contributed by atoms with E-state index in [0.717, 1.165) is 71.1 Å². The van der Waals surface area contributed by atoms with Gasteiger partial charge in [0.15, 0.2) is 5.96 Å². The Morgan fingerprint density at radius 2 is 2.16 bits per heavy atom. The van der Waals surface area contributed by atoms with Gasteiger partial charge in [0, 0.05) is 45.7 Å². The number of morpholine rings is 1. The van der Waals surface area contributed by atoms with E-state index in [0.29, 0.717) is 18.9 Å². The highest BCUT2D eigenvalue weighted by molar-refractivity contribution is 5.79. The van der Waals surface area contributed by atoms with Gasteiger partial charge in [0.2, 0.25) is 5.91 Å². The normalized spacial score (nSPS) is 23.4. The predicted octanol–water partition coefficient (Wildman–Crippen LogP) is 0.665. The maximum Gasteiger partial charge on any atom is 0.222 e. The van der Waals surface area contributed by atoms with Gasteiger partial charge in [-0.3, -0.25) is 9.79 Å². The first-order valence-corrected chi connectivity index (χ1v) is 9.79. The number of amides is 1. The van der Waals surface area contributed by atoms with Crippen LogP contribution in [0.15, 0.2) is 4.99 Å². The minimum Gasteiger partial charge on any atom is -0.374 e. The number of likely N-dealkylation sites (tertiary alicyclic amines) is 1. The van der Waals surface area contributed by atoms with Crippen LogP contribution in [0.2, 0.25) is 0 Å². The zero-order chi connectivity index (χ0) is 17.9. The van der Waals surface area contributed by atoms with Gasteiger partial charge >= 0.3 is 0 Å². The van der Waals surface area contributed by atoms with Crippen molar-refractivity contribution < 1.29 is 9.53 Å². The largest absolute Gasteiger partial charge is 0.374 e. The van der Waals surface area contributed by atoms with Crippen molar-refractivity contribution in [1.29, 1.82) is 0 Å². The van der Waals surface area contributed by atoms with E-state index in [4.69, 9.17) is 4.74 Å². The molecule has 0 aromatic carbocycles. The number of nitrogens with one attached hydrogen (secondary N) is 2. The molecule has 1 atom stereocenters. The Morgan fingerprint density at radius 1 is 1.28 bits per heavy atom. The maximum atomic E-state index is 12.0. The summed E-state index contributed by atoms with van der Waals surface area (Å²) in [5, 5.41) is 6.65. The number of hydrogen-bond donors (Lipinski definition) is 2. The third kappa shape index (κ3) is 7.61. The third-order valence-electron chi connectivity index (χ3n) is 4.71. The highest BCUT2D eigenvalue weighted by Gasteiger charge is 2.17. The zero-order valence-corrected chi connectivity index (χ0v) is 15.9. The minimum atomic E-state index is 0.170. The van der Waals surface area contributed by atoms with E-state index in [1.807, 2.05) is 4.90 Å². The van der Waals surface area contributed by atoms with Gasteiger partial charge in [0.05, 0.1) is 19.3 Å². The molecule has 2 heterocycles. The molecule has 2 aliphatic rings. The molecular formula is C18H35N5O2. The molecule has 7 nitrogen and oxygen atoms in total. The molecule has 7 heteroatoms. The van der Waals surface area contributed by atoms with E-state index >= 15 is 0 Å². The quantitative estimate of drug-likeness (QED) is 0.400. The van der Waals surface area contributed by atoms with Gasteiger partial charge < -0.3 is 25.2 Å². The van der Waals surface area contributed by atoms with E-state index in [9.17, 15) is 4.79 Å². The van der Waals surface area contributed by atoms with Crippen LogP contribution < -0.4 is 10.6 Å². The Hall–Kier alpha value is -1.34. The number of carbonyl (C=O) groups excluding carboxylic acids is 1. The van der Waals surface area contributed by atoms with Crippen molar-refractivity contribution in [2.24, 2.45) is 4.99 Å². The van der Waals surface area contributed by atoms with Gasteiger partial charge in [0.25, 0.3) is 0 Å². The second-order valence-corrected chi connectivity index (χ2v) is 6.95. The van der Waals surface area contributed by atoms with Crippen LogP contribution >= 0.6 is 0 Å². The van der Waals surface area contributed by atoms with Crippen LogP contribution in [-0.2, 0) is 9.53 Å². The van der Waals surface area contributed by atoms with Gasteiger partial charge in [-0.05, 0) is 33.2 Å². The number of likely N-dealkylation sites (N-methyl/N-ethyl adjacent to an activating group) is 1. The van der Waals surface area contributed by atoms with E-state index < -0.39 is 0 Å². The summed E-state index contributed by atoms with van der Waals surface area (Å²) in [6, 6.07) is 0. The van der Waals surface area contributed by atoms with Gasteiger partial charge in [-0.1, -0.05) is 6.42 Å². The van der Waals surface area contributed by atoms with Crippen molar-refractivity contribution in [3.05, 3.63) is 0 Å². The molecule has 2 fully saturated rings. The van der Waals surface area contributed by atoms with Gasteiger partial charge in [0.1, 0.15) is 0 Å². The Kier molecular flexibility index (Phi) is 9.04. The lowest BCUT2D eigenvalue weighted by Crippen LogP contribution is -2.43. The number of hydrogen-bond acceptors (Lipinski definition) is 4. The van der Waals surface area contributed by atoms with Crippen LogP contribution in [0.4, 0.5) is 0 Å². The molecule has 2 N–H and O–H groups in total. The maximum absolute atomic E-state index is 12.0. The van der Waals surface area contributed by atoms with E-state index in [1.54, 1.807) is 0 Å². The number of carbonyl (C=O) groups is 1. The SMILES string of the molecule is CCNC(=NCC1CN(C)CCO1)NCCCN1CCCCCC1=O. The molecule has 0 saturated carbocycles. The lowest BCUT2D eigenvalue weighted by atomic mass is 10.2. The Bertz CT molecular complexity index is 430. The smallest absolute Gasteiger partial charge is 0.222 e. The topological polar surface area (TPSA) is 69.2 Å². The molecule has 2 aliphatic heterocycles. The summed E-state index contributed by atoms with van der Waals surface area (Å²) < 4.78 is 5.76. The molecule has 0 aromatic heterocycles. The van der Waals surface area contributed by atoms with Crippen LogP contribution in [0.5, 0.6) is 0 Å². The Labute approximate surface area is 152 Å². The van der Waals surface area contributed by atoms with Crippen molar-refractivity contribution in [2.45, 2.75) is 45.1 Å². The molecule has 25 heavy (non-hydrogen) atoms. The summed E-state index contributed by atoms with van der Waals surface area (Å²) >= 11 is 0. The first kappa shape index (κ1) is 20.0. The van der Waals surface area contributed by atoms with E-state index in [2.05, 4.69) is 34.5 Å². The number of rotatable bonds is 7. The number of aliphatic imine (C=N–C) groups is 1. The third-order valence-corrected chi connectivity index (χ3v) is 4.71. The first-order valence-electron chi connectivity index (χ1n) is 9.79. The summed E-state index contributed by atoms with van der Waals surface area (Å²) in [5.74, 6) is 1.15. The van der Waals surface area contributed by atoms with Crippen LogP contribution in [0, 0.1) is 0 Å². The summed E-state index contributed by atoms with van der Waals surface area (Å²) in [6.45, 7) is 8.85. The molecule has 1 amide bonds. The standard InChI is InChI=1S/C18H35N5O2/c1-3-19-18(21-14-16-15-22(2)12-13-25-16)20-9-7-11-23-10-6-4-5-8-17(23)24/h16H,3-15H2,1-2H3,(H2,19,20,21). The average Bonchev–Trinajstić information content (AvgIpc) is 2.81. The lowest BCUT2D eigenvalue weighted by Gasteiger charge is -2.29. The van der Waals surface area contributed by atoms with Crippen LogP contribution in [-0.4, -0.2) is 87.2 Å². The summed E-state index contributed by atoms with van der Waals surface area (Å²) in [5.41, 5.74) is 0. The highest BCUT2D eigenvalue weighted by Crippen LogP contribution is 2.11. The highest BCUT2D eigenvalue weighted by atomic mass is 16.5. The van der Waals surface area contributed by atoms with E-state index in [1.165, 1.54) is 6.42 Å². The Balaban J connectivity index is 1.69. The summed E-state index contributed by atoms with van der Waals surface area (Å²) in [4.78, 5) is 20.9. The predicted molar refractivity (Wildman–Crippen MR) is 101 cm³/mol. The first-order chi connectivity index (χ1) is 12.2. The molecule has 2 saturated heterocycles. The number of ether oxygens (including phenoxy) is 1. The van der Waals surface area contributed by atoms with Crippen molar-refractivity contribution in [2.75, 3.05) is 59.5 Å². The molecule has 1 unspecified atom stereocenters. The molecule has 0 spiro atoms. The average molecular weight is 354 g/mol. The Morgan fingerprint density at radius 3 is 2.96 bits per heavy atom. The summed E-state index contributed by atoms with van der Waals surface area (Å²) in [6.07, 6.45) is 5.19. The monoisotopic (exact) mass is 353 g/mol. The van der Waals surface area contributed by atoms with Crippen LogP contribution in [0.1, 0.15) is 39.0 Å². The molecular weight excluding hydrogens is 318 g/mol. The second-order valence-electron chi connectivity index (χ2n) is 6.95. The molecule has 0 bridgehead atoms. The van der Waals surface area contributed by atoms with Gasteiger partial charge in [-0.15, -0.1) is 0 Å². The molecule has 0 aliphatic carbocycles. The van der Waals surface area contributed by atoms with Gasteiger partial charge in [-0.2, -0.15) is 0 Å². The van der Waals surface area contributed by atoms with Crippen molar-refractivity contribution in [1.82, 2.24) is 20.4 Å². The van der Waals surface area contributed by atoms with Crippen LogP contribution in [0.3, 0.4) is 0 Å². The van der Waals surface area contributed by atoms with Crippen molar-refractivity contribution >= 4 is 11.9 Å². The zero-order valence-electron chi connectivity index (χ0n) is 15.9. The van der Waals surface area contributed by atoms with Crippen molar-refractivity contribution in [3.63, 3.8) is 0 Å². The van der Waals surface area contributed by atoms with Crippen molar-refractivity contribution in [3.8, 4) is 0 Å².